The highest BCUT2D eigenvalue weighted by Crippen LogP contribution is 2.00. The Morgan fingerprint density at radius 3 is 2.89 bits per heavy atom. The molecule has 0 radical (unpaired) electrons. The highest BCUT2D eigenvalue weighted by Gasteiger charge is 2.13. The number of hydrogen-bond acceptors (Lipinski definition) is 3. The van der Waals surface area contributed by atoms with Crippen LogP contribution in [0.5, 0.6) is 0 Å². The van der Waals surface area contributed by atoms with E-state index in [-0.39, 0.29) is 17.5 Å². The molecule has 0 spiro atoms. The fraction of sp³-hybridized carbons (Fsp3) is 0.500. The molecule has 0 aliphatic rings. The van der Waals surface area contributed by atoms with Gasteiger partial charge in [-0.25, -0.2) is 0 Å². The number of alkyl halides is 1. The van der Waals surface area contributed by atoms with Crippen LogP contribution in [0.4, 0.5) is 0 Å². The molecule has 1 rings (SSSR count). The van der Waals surface area contributed by atoms with Gasteiger partial charge in [0.15, 0.2) is 0 Å². The molecule has 6 heteroatoms. The number of aromatic nitrogens is 1. The minimum absolute atomic E-state index is 0.0640. The van der Waals surface area contributed by atoms with E-state index in [2.05, 4.69) is 21.2 Å². The van der Waals surface area contributed by atoms with Gasteiger partial charge in [0.05, 0.1) is 12.6 Å². The van der Waals surface area contributed by atoms with Crippen molar-refractivity contribution >= 4 is 21.8 Å². The van der Waals surface area contributed by atoms with Crippen LogP contribution in [0, 0.1) is 0 Å². The van der Waals surface area contributed by atoms with E-state index in [9.17, 15) is 9.59 Å². The molecule has 1 aromatic heterocycles. The van der Waals surface area contributed by atoms with Gasteiger partial charge in [0.2, 0.25) is 0 Å². The van der Waals surface area contributed by atoms with Gasteiger partial charge < -0.3 is 14.6 Å². The molecule has 5 nitrogen and oxygen atoms in total. The van der Waals surface area contributed by atoms with Crippen LogP contribution in [0.25, 0.3) is 0 Å². The van der Waals surface area contributed by atoms with E-state index in [1.807, 2.05) is 0 Å². The van der Waals surface area contributed by atoms with Gasteiger partial charge in [0.1, 0.15) is 0 Å². The first-order valence-corrected chi connectivity index (χ1v) is 6.73. The molecule has 18 heavy (non-hydrogen) atoms. The molecule has 1 aromatic rings. The fourth-order valence-corrected chi connectivity index (χ4v) is 2.04. The summed E-state index contributed by atoms with van der Waals surface area (Å²) in [6.07, 6.45) is 2.34. The Hall–Kier alpha value is -1.14. The molecule has 0 aliphatic heterocycles. The second-order valence-corrected chi connectivity index (χ2v) is 4.76. The Balaban J connectivity index is 2.73. The molecule has 1 heterocycles. The zero-order valence-electron chi connectivity index (χ0n) is 10.5. The average Bonchev–Trinajstić information content (AvgIpc) is 2.33. The van der Waals surface area contributed by atoms with Crippen LogP contribution >= 0.6 is 15.9 Å². The second-order valence-electron chi connectivity index (χ2n) is 3.97. The number of rotatable bonds is 6. The first kappa shape index (κ1) is 14.9. The van der Waals surface area contributed by atoms with Gasteiger partial charge in [0, 0.05) is 37.3 Å². The van der Waals surface area contributed by atoms with Crippen molar-refractivity contribution in [3.05, 3.63) is 34.2 Å². The first-order chi connectivity index (χ1) is 8.58. The number of hydrogen-bond donors (Lipinski definition) is 1. The van der Waals surface area contributed by atoms with Crippen molar-refractivity contribution in [2.75, 3.05) is 19.0 Å². The van der Waals surface area contributed by atoms with Gasteiger partial charge in [-0.15, -0.1) is 0 Å². The number of carbonyl (C=O) groups is 1. The summed E-state index contributed by atoms with van der Waals surface area (Å²) in [5.74, 6) is -0.254. The molecule has 100 valence electrons. The quantitative estimate of drug-likeness (QED) is 0.794. The standard InChI is InChI=1S/C12H17BrN2O3/c1-15-6-4-9(7-11(15)16)12(17)14-10(3-5-13)8-18-2/h4,6-7,10H,3,5,8H2,1-2H3,(H,14,17). The molecule has 1 amide bonds. The van der Waals surface area contributed by atoms with E-state index in [0.717, 1.165) is 11.8 Å². The number of nitrogens with zero attached hydrogens (tertiary/aromatic N) is 1. The summed E-state index contributed by atoms with van der Waals surface area (Å²) in [4.78, 5) is 23.4. The van der Waals surface area contributed by atoms with E-state index >= 15 is 0 Å². The van der Waals surface area contributed by atoms with Crippen molar-refractivity contribution in [3.63, 3.8) is 0 Å². The van der Waals surface area contributed by atoms with Crippen molar-refractivity contribution in [2.45, 2.75) is 12.5 Å². The Labute approximate surface area is 114 Å². The topological polar surface area (TPSA) is 60.3 Å². The van der Waals surface area contributed by atoms with Crippen LogP contribution in [0.1, 0.15) is 16.8 Å². The van der Waals surface area contributed by atoms with Crippen LogP contribution in [-0.4, -0.2) is 35.6 Å². The summed E-state index contributed by atoms with van der Waals surface area (Å²) >= 11 is 3.33. The molecular formula is C12H17BrN2O3. The van der Waals surface area contributed by atoms with Crippen molar-refractivity contribution in [1.82, 2.24) is 9.88 Å². The number of pyridine rings is 1. The normalized spacial score (nSPS) is 12.2. The maximum atomic E-state index is 11.9. The van der Waals surface area contributed by atoms with Gasteiger partial charge in [-0.1, -0.05) is 15.9 Å². The van der Waals surface area contributed by atoms with E-state index < -0.39 is 0 Å². The predicted molar refractivity (Wildman–Crippen MR) is 73.2 cm³/mol. The monoisotopic (exact) mass is 316 g/mol. The maximum absolute atomic E-state index is 11.9. The molecule has 0 aromatic carbocycles. The SMILES string of the molecule is COCC(CCBr)NC(=O)c1ccn(C)c(=O)c1. The lowest BCUT2D eigenvalue weighted by Crippen LogP contribution is -2.38. The number of ether oxygens (including phenoxy) is 1. The largest absolute Gasteiger partial charge is 0.383 e. The Morgan fingerprint density at radius 1 is 1.61 bits per heavy atom. The summed E-state index contributed by atoms with van der Waals surface area (Å²) in [6, 6.07) is 2.88. The van der Waals surface area contributed by atoms with E-state index in [0.29, 0.717) is 12.2 Å². The number of carbonyl (C=O) groups excluding carboxylic acids is 1. The van der Waals surface area contributed by atoms with Crippen LogP contribution in [0.3, 0.4) is 0 Å². The third kappa shape index (κ3) is 4.27. The maximum Gasteiger partial charge on any atom is 0.251 e. The molecule has 0 bridgehead atoms. The van der Waals surface area contributed by atoms with E-state index in [1.54, 1.807) is 26.4 Å². The molecule has 1 N–H and O–H groups in total. The Bertz CT molecular complexity index is 453. The van der Waals surface area contributed by atoms with Gasteiger partial charge in [-0.05, 0) is 12.5 Å². The van der Waals surface area contributed by atoms with Gasteiger partial charge in [0.25, 0.3) is 11.5 Å². The number of aryl methyl sites for hydroxylation is 1. The van der Waals surface area contributed by atoms with Gasteiger partial charge >= 0.3 is 0 Å². The van der Waals surface area contributed by atoms with E-state index in [4.69, 9.17) is 4.74 Å². The second kappa shape index (κ2) is 7.33. The molecule has 0 saturated carbocycles. The van der Waals surface area contributed by atoms with Crippen LogP contribution < -0.4 is 10.9 Å². The summed E-state index contributed by atoms with van der Waals surface area (Å²) < 4.78 is 6.45. The lowest BCUT2D eigenvalue weighted by molar-refractivity contribution is 0.0895. The lowest BCUT2D eigenvalue weighted by atomic mass is 10.2. The Morgan fingerprint density at radius 2 is 2.33 bits per heavy atom. The molecule has 1 atom stereocenters. The summed E-state index contributed by atoms with van der Waals surface area (Å²) in [5, 5.41) is 3.62. The zero-order valence-corrected chi connectivity index (χ0v) is 12.1. The summed E-state index contributed by atoms with van der Waals surface area (Å²) in [7, 11) is 3.23. The third-order valence-electron chi connectivity index (χ3n) is 2.53. The number of amides is 1. The molecule has 0 aliphatic carbocycles. The smallest absolute Gasteiger partial charge is 0.251 e. The fourth-order valence-electron chi connectivity index (χ4n) is 1.49. The lowest BCUT2D eigenvalue weighted by Gasteiger charge is -2.16. The first-order valence-electron chi connectivity index (χ1n) is 5.61. The minimum Gasteiger partial charge on any atom is -0.383 e. The predicted octanol–water partition coefficient (Wildman–Crippen LogP) is 0.915. The van der Waals surface area contributed by atoms with Crippen LogP contribution in [0.15, 0.2) is 23.1 Å². The highest BCUT2D eigenvalue weighted by atomic mass is 79.9. The number of methoxy groups -OCH3 is 1. The van der Waals surface area contributed by atoms with Crippen molar-refractivity contribution in [3.8, 4) is 0 Å². The highest BCUT2D eigenvalue weighted by molar-refractivity contribution is 9.09. The van der Waals surface area contributed by atoms with Crippen LogP contribution in [0.2, 0.25) is 0 Å². The van der Waals surface area contributed by atoms with E-state index in [1.165, 1.54) is 10.6 Å². The van der Waals surface area contributed by atoms with Crippen molar-refractivity contribution in [1.29, 1.82) is 0 Å². The van der Waals surface area contributed by atoms with Gasteiger partial charge in [-0.2, -0.15) is 0 Å². The van der Waals surface area contributed by atoms with Gasteiger partial charge in [-0.3, -0.25) is 9.59 Å². The Kier molecular flexibility index (Phi) is 6.07. The molecule has 0 fully saturated rings. The number of halogens is 1. The number of nitrogens with one attached hydrogen (secondary N) is 1. The summed E-state index contributed by atoms with van der Waals surface area (Å²) in [5.41, 5.74) is 0.167. The molecule has 0 saturated heterocycles. The van der Waals surface area contributed by atoms with Crippen molar-refractivity contribution in [2.24, 2.45) is 7.05 Å². The molecular weight excluding hydrogens is 300 g/mol. The summed E-state index contributed by atoms with van der Waals surface area (Å²) in [6.45, 7) is 0.447. The third-order valence-corrected chi connectivity index (χ3v) is 2.98. The zero-order chi connectivity index (χ0) is 13.5. The molecule has 1 unspecified atom stereocenters. The van der Waals surface area contributed by atoms with Crippen molar-refractivity contribution < 1.29 is 9.53 Å². The minimum atomic E-state index is -0.254. The average molecular weight is 317 g/mol. The van der Waals surface area contributed by atoms with Crippen LogP contribution in [-0.2, 0) is 11.8 Å².